The van der Waals surface area contributed by atoms with Crippen molar-refractivity contribution in [2.24, 2.45) is 5.73 Å². The third-order valence-corrected chi connectivity index (χ3v) is 3.59. The standard InChI is InChI=1S/C15H23N3O2/c1-20-12-14(16)15(19)18-9-5-8-17(10-11-18)13-6-3-2-4-7-13/h2-4,6-7,14H,5,8-12,16H2,1H3. The molecule has 1 aromatic rings. The molecule has 20 heavy (non-hydrogen) atoms. The number of hydrogen-bond donors (Lipinski definition) is 1. The fourth-order valence-electron chi connectivity index (χ4n) is 2.52. The molecule has 0 spiro atoms. The van der Waals surface area contributed by atoms with E-state index in [9.17, 15) is 4.79 Å². The summed E-state index contributed by atoms with van der Waals surface area (Å²) in [6, 6.07) is 9.75. The van der Waals surface area contributed by atoms with Crippen LogP contribution in [0.4, 0.5) is 5.69 Å². The zero-order valence-corrected chi connectivity index (χ0v) is 12.0. The van der Waals surface area contributed by atoms with Crippen molar-refractivity contribution in [3.05, 3.63) is 30.3 Å². The summed E-state index contributed by atoms with van der Waals surface area (Å²) in [5, 5.41) is 0. The van der Waals surface area contributed by atoms with E-state index >= 15 is 0 Å². The van der Waals surface area contributed by atoms with Crippen LogP contribution in [0.3, 0.4) is 0 Å². The van der Waals surface area contributed by atoms with Crippen LogP contribution in [0, 0.1) is 0 Å². The first-order chi connectivity index (χ1) is 9.72. The fourth-order valence-corrected chi connectivity index (χ4v) is 2.52. The Kier molecular flexibility index (Phi) is 5.38. The smallest absolute Gasteiger partial charge is 0.241 e. The quantitative estimate of drug-likeness (QED) is 0.880. The maximum absolute atomic E-state index is 12.2. The van der Waals surface area contributed by atoms with E-state index in [1.54, 1.807) is 7.11 Å². The van der Waals surface area contributed by atoms with Gasteiger partial charge in [-0.05, 0) is 18.6 Å². The molecule has 1 aliphatic heterocycles. The molecule has 5 nitrogen and oxygen atoms in total. The van der Waals surface area contributed by atoms with Crippen molar-refractivity contribution in [3.8, 4) is 0 Å². The number of carbonyl (C=O) groups excluding carboxylic acids is 1. The van der Waals surface area contributed by atoms with E-state index in [2.05, 4.69) is 17.0 Å². The van der Waals surface area contributed by atoms with E-state index in [0.717, 1.165) is 26.1 Å². The Balaban J connectivity index is 1.94. The van der Waals surface area contributed by atoms with Crippen molar-refractivity contribution in [3.63, 3.8) is 0 Å². The van der Waals surface area contributed by atoms with Crippen molar-refractivity contribution >= 4 is 11.6 Å². The van der Waals surface area contributed by atoms with Gasteiger partial charge in [0.1, 0.15) is 6.04 Å². The number of carbonyl (C=O) groups is 1. The largest absolute Gasteiger partial charge is 0.383 e. The fraction of sp³-hybridized carbons (Fsp3) is 0.533. The summed E-state index contributed by atoms with van der Waals surface area (Å²) in [6.07, 6.45) is 0.959. The first kappa shape index (κ1) is 14.8. The van der Waals surface area contributed by atoms with Gasteiger partial charge in [0.05, 0.1) is 6.61 Å². The summed E-state index contributed by atoms with van der Waals surface area (Å²) in [6.45, 7) is 3.56. The number of nitrogens with two attached hydrogens (primary N) is 1. The van der Waals surface area contributed by atoms with Crippen LogP contribution < -0.4 is 10.6 Å². The van der Waals surface area contributed by atoms with Gasteiger partial charge in [0, 0.05) is 39.0 Å². The highest BCUT2D eigenvalue weighted by molar-refractivity contribution is 5.81. The molecule has 2 rings (SSSR count). The summed E-state index contributed by atoms with van der Waals surface area (Å²) in [4.78, 5) is 16.4. The van der Waals surface area contributed by atoms with Gasteiger partial charge in [-0.3, -0.25) is 4.79 Å². The monoisotopic (exact) mass is 277 g/mol. The lowest BCUT2D eigenvalue weighted by Crippen LogP contribution is -2.47. The molecule has 1 fully saturated rings. The van der Waals surface area contributed by atoms with Crippen LogP contribution in [-0.2, 0) is 9.53 Å². The van der Waals surface area contributed by atoms with E-state index in [1.165, 1.54) is 5.69 Å². The van der Waals surface area contributed by atoms with Crippen LogP contribution in [0.15, 0.2) is 30.3 Å². The molecule has 0 radical (unpaired) electrons. The van der Waals surface area contributed by atoms with E-state index in [-0.39, 0.29) is 12.5 Å². The number of methoxy groups -OCH3 is 1. The first-order valence-corrected chi connectivity index (χ1v) is 7.05. The number of anilines is 1. The molecule has 1 atom stereocenters. The van der Waals surface area contributed by atoms with Crippen LogP contribution >= 0.6 is 0 Å². The highest BCUT2D eigenvalue weighted by Gasteiger charge is 2.23. The molecule has 1 amide bonds. The van der Waals surface area contributed by atoms with Crippen LogP contribution in [0.25, 0.3) is 0 Å². The van der Waals surface area contributed by atoms with Gasteiger partial charge in [-0.25, -0.2) is 0 Å². The molecule has 0 saturated carbocycles. The summed E-state index contributed by atoms with van der Waals surface area (Å²) < 4.78 is 4.95. The summed E-state index contributed by atoms with van der Waals surface area (Å²) in [5.41, 5.74) is 7.04. The normalized spacial score (nSPS) is 17.7. The molecule has 2 N–H and O–H groups in total. The molecule has 1 unspecified atom stereocenters. The summed E-state index contributed by atoms with van der Waals surface area (Å²) in [5.74, 6) is -0.0123. The van der Waals surface area contributed by atoms with Crippen molar-refractivity contribution in [2.45, 2.75) is 12.5 Å². The lowest BCUT2D eigenvalue weighted by atomic mass is 10.2. The maximum atomic E-state index is 12.2. The van der Waals surface area contributed by atoms with E-state index in [0.29, 0.717) is 6.54 Å². The second-order valence-electron chi connectivity index (χ2n) is 5.06. The lowest BCUT2D eigenvalue weighted by molar-refractivity contribution is -0.133. The maximum Gasteiger partial charge on any atom is 0.241 e. The van der Waals surface area contributed by atoms with Gasteiger partial charge in [-0.1, -0.05) is 18.2 Å². The average molecular weight is 277 g/mol. The molecular formula is C15H23N3O2. The SMILES string of the molecule is COCC(N)C(=O)N1CCCN(c2ccccc2)CC1. The number of benzene rings is 1. The topological polar surface area (TPSA) is 58.8 Å². The van der Waals surface area contributed by atoms with Gasteiger partial charge in [-0.2, -0.15) is 0 Å². The third-order valence-electron chi connectivity index (χ3n) is 3.59. The average Bonchev–Trinajstić information content (AvgIpc) is 2.73. The zero-order valence-electron chi connectivity index (χ0n) is 12.0. The molecule has 0 aliphatic carbocycles. The summed E-state index contributed by atoms with van der Waals surface area (Å²) in [7, 11) is 1.56. The molecule has 110 valence electrons. The Bertz CT molecular complexity index is 424. The Morgan fingerprint density at radius 2 is 2.00 bits per heavy atom. The molecule has 0 aromatic heterocycles. The third kappa shape index (κ3) is 3.71. The minimum absolute atomic E-state index is 0.0123. The van der Waals surface area contributed by atoms with Crippen molar-refractivity contribution in [1.29, 1.82) is 0 Å². The van der Waals surface area contributed by atoms with Gasteiger partial charge in [0.25, 0.3) is 0 Å². The predicted molar refractivity (Wildman–Crippen MR) is 79.7 cm³/mol. The summed E-state index contributed by atoms with van der Waals surface area (Å²) >= 11 is 0. The number of amides is 1. The van der Waals surface area contributed by atoms with Crippen molar-refractivity contribution in [2.75, 3.05) is 44.8 Å². The second-order valence-corrected chi connectivity index (χ2v) is 5.06. The molecule has 1 saturated heterocycles. The lowest BCUT2D eigenvalue weighted by Gasteiger charge is -2.25. The van der Waals surface area contributed by atoms with Crippen molar-refractivity contribution < 1.29 is 9.53 Å². The molecular weight excluding hydrogens is 254 g/mol. The molecule has 5 heteroatoms. The van der Waals surface area contributed by atoms with Crippen LogP contribution in [0.5, 0.6) is 0 Å². The molecule has 0 bridgehead atoms. The molecule has 1 aromatic carbocycles. The number of para-hydroxylation sites is 1. The van der Waals surface area contributed by atoms with E-state index in [1.807, 2.05) is 23.1 Å². The van der Waals surface area contributed by atoms with Gasteiger partial charge in [-0.15, -0.1) is 0 Å². The van der Waals surface area contributed by atoms with E-state index in [4.69, 9.17) is 10.5 Å². The highest BCUT2D eigenvalue weighted by atomic mass is 16.5. The number of ether oxygens (including phenoxy) is 1. The van der Waals surface area contributed by atoms with Crippen LogP contribution in [0.2, 0.25) is 0 Å². The van der Waals surface area contributed by atoms with Gasteiger partial charge >= 0.3 is 0 Å². The minimum Gasteiger partial charge on any atom is -0.383 e. The van der Waals surface area contributed by atoms with Crippen molar-refractivity contribution in [1.82, 2.24) is 4.90 Å². The highest BCUT2D eigenvalue weighted by Crippen LogP contribution is 2.15. The Morgan fingerprint density at radius 1 is 1.25 bits per heavy atom. The zero-order chi connectivity index (χ0) is 14.4. The predicted octanol–water partition coefficient (Wildman–Crippen LogP) is 0.699. The van der Waals surface area contributed by atoms with Gasteiger partial charge < -0.3 is 20.3 Å². The minimum atomic E-state index is -0.553. The van der Waals surface area contributed by atoms with E-state index < -0.39 is 6.04 Å². The molecule has 1 aliphatic rings. The number of nitrogens with zero attached hydrogens (tertiary/aromatic N) is 2. The second kappa shape index (κ2) is 7.26. The number of rotatable bonds is 4. The van der Waals surface area contributed by atoms with Gasteiger partial charge in [0.15, 0.2) is 0 Å². The Hall–Kier alpha value is -1.59. The van der Waals surface area contributed by atoms with Crippen LogP contribution in [0.1, 0.15) is 6.42 Å². The van der Waals surface area contributed by atoms with Crippen LogP contribution in [-0.4, -0.2) is 56.7 Å². The first-order valence-electron chi connectivity index (χ1n) is 7.05. The Labute approximate surface area is 120 Å². The Morgan fingerprint density at radius 3 is 2.70 bits per heavy atom. The van der Waals surface area contributed by atoms with Gasteiger partial charge in [0.2, 0.25) is 5.91 Å². The molecule has 1 heterocycles. The number of hydrogen-bond acceptors (Lipinski definition) is 4.